The van der Waals surface area contributed by atoms with Gasteiger partial charge in [-0.05, 0) is 66.7 Å². The average molecular weight is 761 g/mol. The Morgan fingerprint density at radius 1 is 0.295 bits per heavy atom. The summed E-state index contributed by atoms with van der Waals surface area (Å²) in [7, 11) is 41.6. The number of benzene rings is 9. The average Bonchev–Trinajstić information content (AvgIpc) is 3.72. The molecule has 0 aliphatic rings. The zero-order valence-electron chi connectivity index (χ0n) is 32.6. The first kappa shape index (κ1) is 37.0. The van der Waals surface area contributed by atoms with Crippen molar-refractivity contribution in [1.29, 1.82) is 0 Å². The second-order valence-corrected chi connectivity index (χ2v) is 15.2. The van der Waals surface area contributed by atoms with Gasteiger partial charge in [-0.25, -0.2) is 15.0 Å². The van der Waals surface area contributed by atoms with Crippen molar-refractivity contribution in [2.24, 2.45) is 0 Å². The lowest BCUT2D eigenvalue weighted by atomic mass is 9.67. The molecular formula is C51H25B6N3O. The summed E-state index contributed by atoms with van der Waals surface area (Å²) >= 11 is 0. The van der Waals surface area contributed by atoms with Crippen molar-refractivity contribution in [3.63, 3.8) is 0 Å². The fourth-order valence-electron chi connectivity index (χ4n) is 8.78. The number of nitrogens with zero attached hydrogens (tertiary/aromatic N) is 3. The van der Waals surface area contributed by atoms with E-state index in [1.54, 1.807) is 0 Å². The molecule has 0 fully saturated rings. The summed E-state index contributed by atoms with van der Waals surface area (Å²) in [6, 6.07) is 50.9. The van der Waals surface area contributed by atoms with Gasteiger partial charge in [0.15, 0.2) is 17.5 Å². The van der Waals surface area contributed by atoms with Crippen molar-refractivity contribution in [2.75, 3.05) is 0 Å². The minimum atomic E-state index is 0.106. The molecule has 0 unspecified atom stereocenters. The number of furan rings is 1. The predicted molar refractivity (Wildman–Crippen MR) is 259 cm³/mol. The van der Waals surface area contributed by atoms with Gasteiger partial charge in [0.1, 0.15) is 58.2 Å². The first-order valence-corrected chi connectivity index (χ1v) is 19.8. The Morgan fingerprint density at radius 3 is 1.43 bits per heavy atom. The number of hydrogen-bond acceptors (Lipinski definition) is 4. The highest BCUT2D eigenvalue weighted by atomic mass is 16.3. The fraction of sp³-hybridized carbons (Fsp3) is 0. The van der Waals surface area contributed by atoms with Crippen LogP contribution in [-0.2, 0) is 0 Å². The van der Waals surface area contributed by atoms with E-state index in [0.29, 0.717) is 39.0 Å². The molecule has 4 nitrogen and oxygen atoms in total. The molecule has 0 N–H and O–H groups in total. The first-order chi connectivity index (χ1) is 29.8. The van der Waals surface area contributed by atoms with Crippen LogP contribution in [0.2, 0.25) is 0 Å². The third kappa shape index (κ3) is 5.80. The standard InChI is InChI=1S/C51H25B6N3O/c52-41-37(29-22-23-35-33-20-8-7-18-31(33)32-19-9-10-21-34(32)36(35)25-29)42(53)45(56)48-39(41)38-40(43(54)44(55)46(57)47(38)61-48)51-59-49(27-14-5-2-6-15-27)58-50(60-51)30-17-11-16-28(24-30)26-12-3-1-4-13-26/h1-25H. The van der Waals surface area contributed by atoms with E-state index in [9.17, 15) is 0 Å². The van der Waals surface area contributed by atoms with Gasteiger partial charge in [0.2, 0.25) is 0 Å². The maximum atomic E-state index is 7.32. The summed E-state index contributed by atoms with van der Waals surface area (Å²) in [5, 5.41) is 7.63. The smallest absolute Gasteiger partial charge is 0.164 e. The van der Waals surface area contributed by atoms with Crippen LogP contribution in [-0.4, -0.2) is 62.0 Å². The number of rotatable bonds is 5. The summed E-state index contributed by atoms with van der Waals surface area (Å²) in [6.45, 7) is 0. The van der Waals surface area contributed by atoms with Crippen LogP contribution >= 0.6 is 0 Å². The van der Waals surface area contributed by atoms with Gasteiger partial charge in [-0.1, -0.05) is 167 Å². The summed E-state index contributed by atoms with van der Waals surface area (Å²) < 4.78 is 6.52. The zero-order chi connectivity index (χ0) is 41.5. The molecule has 10 heteroatoms. The lowest BCUT2D eigenvalue weighted by Gasteiger charge is -2.19. The van der Waals surface area contributed by atoms with Gasteiger partial charge in [0, 0.05) is 27.5 Å². The highest BCUT2D eigenvalue weighted by molar-refractivity contribution is 6.65. The molecule has 0 saturated heterocycles. The summed E-state index contributed by atoms with van der Waals surface area (Å²) in [5.74, 6) is 1.09. The van der Waals surface area contributed by atoms with E-state index < -0.39 is 0 Å². The molecule has 0 bridgehead atoms. The van der Waals surface area contributed by atoms with Crippen LogP contribution in [0.15, 0.2) is 156 Å². The van der Waals surface area contributed by atoms with E-state index in [2.05, 4.69) is 78.9 Å². The Balaban J connectivity index is 1.20. The summed E-state index contributed by atoms with van der Waals surface area (Å²) in [4.78, 5) is 15.1. The Hall–Kier alpha value is -7.04. The van der Waals surface area contributed by atoms with Gasteiger partial charge < -0.3 is 4.42 Å². The Bertz CT molecular complexity index is 3580. The minimum absolute atomic E-state index is 0.106. The monoisotopic (exact) mass is 761 g/mol. The molecule has 0 aliphatic heterocycles. The molecule has 0 spiro atoms. The molecule has 9 aromatic carbocycles. The molecule has 2 aromatic heterocycles. The fourth-order valence-corrected chi connectivity index (χ4v) is 8.78. The zero-order valence-corrected chi connectivity index (χ0v) is 32.6. The van der Waals surface area contributed by atoms with Crippen LogP contribution < -0.4 is 32.8 Å². The predicted octanol–water partition coefficient (Wildman–Crippen LogP) is 6.33. The van der Waals surface area contributed by atoms with Gasteiger partial charge >= 0.3 is 0 Å². The van der Waals surface area contributed by atoms with E-state index in [1.165, 1.54) is 5.39 Å². The SMILES string of the molecule is [B]c1c(-c2ccc3c4ccccc4c4ccccc4c3c2)c([B])c2c(oc3c([B])c([B])c([B])c(-c4nc(-c5ccccc5)nc(-c5cccc(-c6ccccc6)c5)n4)c32)c1[B]. The van der Waals surface area contributed by atoms with Crippen LogP contribution in [0, 0.1) is 0 Å². The van der Waals surface area contributed by atoms with Crippen LogP contribution in [0.3, 0.4) is 0 Å². The molecule has 0 atom stereocenters. The second-order valence-electron chi connectivity index (χ2n) is 15.2. The van der Waals surface area contributed by atoms with E-state index in [-0.39, 0.29) is 44.3 Å². The van der Waals surface area contributed by atoms with Crippen LogP contribution in [0.1, 0.15) is 0 Å². The van der Waals surface area contributed by atoms with Gasteiger partial charge in [-0.15, -0.1) is 5.46 Å². The Labute approximate surface area is 359 Å². The molecule has 61 heavy (non-hydrogen) atoms. The largest absolute Gasteiger partial charge is 0.457 e. The highest BCUT2D eigenvalue weighted by Crippen LogP contribution is 2.39. The third-order valence-electron chi connectivity index (χ3n) is 11.7. The first-order valence-electron chi connectivity index (χ1n) is 19.8. The minimum Gasteiger partial charge on any atom is -0.457 e. The van der Waals surface area contributed by atoms with Gasteiger partial charge in [-0.2, -0.15) is 0 Å². The molecule has 11 rings (SSSR count). The number of hydrogen-bond donors (Lipinski definition) is 0. The molecule has 0 aliphatic carbocycles. The van der Waals surface area contributed by atoms with Gasteiger partial charge in [-0.3, -0.25) is 0 Å². The van der Waals surface area contributed by atoms with Gasteiger partial charge in [0.05, 0.1) is 0 Å². The second kappa shape index (κ2) is 14.3. The molecule has 0 amide bonds. The lowest BCUT2D eigenvalue weighted by Crippen LogP contribution is -2.40. The number of aromatic nitrogens is 3. The maximum absolute atomic E-state index is 7.32. The highest BCUT2D eigenvalue weighted by Gasteiger charge is 2.26. The van der Waals surface area contributed by atoms with E-state index >= 15 is 0 Å². The van der Waals surface area contributed by atoms with Crippen molar-refractivity contribution in [3.8, 4) is 56.4 Å². The number of fused-ring (bicyclic) bond motifs is 9. The van der Waals surface area contributed by atoms with Crippen LogP contribution in [0.4, 0.5) is 0 Å². The van der Waals surface area contributed by atoms with Crippen molar-refractivity contribution in [2.45, 2.75) is 0 Å². The Morgan fingerprint density at radius 2 is 0.770 bits per heavy atom. The van der Waals surface area contributed by atoms with Crippen molar-refractivity contribution in [3.05, 3.63) is 152 Å². The van der Waals surface area contributed by atoms with Crippen molar-refractivity contribution in [1.82, 2.24) is 15.0 Å². The normalized spacial score (nSPS) is 11.7. The molecule has 2 heterocycles. The summed E-state index contributed by atoms with van der Waals surface area (Å²) in [6.07, 6.45) is 0. The maximum Gasteiger partial charge on any atom is 0.164 e. The van der Waals surface area contributed by atoms with E-state index in [1.807, 2.05) is 72.8 Å². The van der Waals surface area contributed by atoms with Crippen molar-refractivity contribution >= 4 is 134 Å². The van der Waals surface area contributed by atoms with Crippen molar-refractivity contribution < 1.29 is 4.42 Å². The molecule has 0 saturated carbocycles. The molecule has 268 valence electrons. The van der Waals surface area contributed by atoms with Gasteiger partial charge in [0.25, 0.3) is 0 Å². The third-order valence-corrected chi connectivity index (χ3v) is 11.7. The molecule has 12 radical (unpaired) electrons. The lowest BCUT2D eigenvalue weighted by molar-refractivity contribution is 0.675. The van der Waals surface area contributed by atoms with Crippen LogP contribution in [0.5, 0.6) is 0 Å². The van der Waals surface area contributed by atoms with Crippen LogP contribution in [0.25, 0.3) is 111 Å². The molecular weight excluding hydrogens is 735 g/mol. The van der Waals surface area contributed by atoms with E-state index in [4.69, 9.17) is 66.4 Å². The van der Waals surface area contributed by atoms with E-state index in [0.717, 1.165) is 54.7 Å². The topological polar surface area (TPSA) is 51.8 Å². The summed E-state index contributed by atoms with van der Waals surface area (Å²) in [5.41, 5.74) is 6.95. The Kier molecular flexibility index (Phi) is 8.68. The quantitative estimate of drug-likeness (QED) is 0.152. The molecule has 11 aromatic rings.